The van der Waals surface area contributed by atoms with Crippen molar-refractivity contribution in [3.8, 4) is 0 Å². The summed E-state index contributed by atoms with van der Waals surface area (Å²) in [4.78, 5) is 4.35. The highest BCUT2D eigenvalue weighted by Crippen LogP contribution is 2.22. The monoisotopic (exact) mass is 314 g/mol. The van der Waals surface area contributed by atoms with Gasteiger partial charge in [-0.15, -0.1) is 11.3 Å². The van der Waals surface area contributed by atoms with Crippen LogP contribution in [0.25, 0.3) is 0 Å². The molecule has 5 heteroatoms. The minimum atomic E-state index is -0.278. The summed E-state index contributed by atoms with van der Waals surface area (Å²) >= 11 is 4.86. The van der Waals surface area contributed by atoms with Crippen molar-refractivity contribution in [3.05, 3.63) is 50.1 Å². The Morgan fingerprint density at radius 3 is 2.82 bits per heavy atom. The van der Waals surface area contributed by atoms with Gasteiger partial charge < -0.3 is 5.73 Å². The lowest BCUT2D eigenvalue weighted by molar-refractivity contribution is 0.616. The maximum atomic E-state index is 13.2. The van der Waals surface area contributed by atoms with Gasteiger partial charge in [-0.1, -0.05) is 15.9 Å². The van der Waals surface area contributed by atoms with Crippen LogP contribution in [0.5, 0.6) is 0 Å². The lowest BCUT2D eigenvalue weighted by Crippen LogP contribution is -2.13. The molecule has 0 saturated carbocycles. The smallest absolute Gasteiger partial charge is 0.124 e. The number of nitrogens with two attached hydrogens (primary N) is 1. The van der Waals surface area contributed by atoms with Crippen LogP contribution in [-0.2, 0) is 6.42 Å². The molecule has 0 bridgehead atoms. The van der Waals surface area contributed by atoms with Gasteiger partial charge in [0.15, 0.2) is 0 Å². The molecule has 1 heterocycles. The Balaban J connectivity index is 2.16. The summed E-state index contributed by atoms with van der Waals surface area (Å²) in [7, 11) is 0. The Kier molecular flexibility index (Phi) is 3.91. The third-order valence-corrected chi connectivity index (χ3v) is 3.69. The third kappa shape index (κ3) is 3.34. The first-order valence-electron chi connectivity index (χ1n) is 5.17. The first kappa shape index (κ1) is 12.7. The molecular weight excluding hydrogens is 303 g/mol. The number of thiazole rings is 1. The molecule has 0 aliphatic rings. The van der Waals surface area contributed by atoms with Gasteiger partial charge in [0.05, 0.1) is 10.7 Å². The minimum Gasteiger partial charge on any atom is -0.324 e. The molecule has 2 aromatic rings. The zero-order chi connectivity index (χ0) is 12.4. The van der Waals surface area contributed by atoms with E-state index in [1.165, 1.54) is 12.1 Å². The van der Waals surface area contributed by atoms with Crippen molar-refractivity contribution in [1.82, 2.24) is 4.98 Å². The molecule has 2 N–H and O–H groups in total. The first-order valence-corrected chi connectivity index (χ1v) is 6.84. The summed E-state index contributed by atoms with van der Waals surface area (Å²) < 4.78 is 13.9. The van der Waals surface area contributed by atoms with Crippen molar-refractivity contribution < 1.29 is 4.39 Å². The van der Waals surface area contributed by atoms with Crippen molar-refractivity contribution in [3.63, 3.8) is 0 Å². The molecule has 0 aliphatic heterocycles. The highest BCUT2D eigenvalue weighted by Gasteiger charge is 2.11. The summed E-state index contributed by atoms with van der Waals surface area (Å²) in [5, 5.41) is 3.01. The number of benzene rings is 1. The second kappa shape index (κ2) is 5.25. The van der Waals surface area contributed by atoms with Gasteiger partial charge in [0.1, 0.15) is 5.82 Å². The molecule has 1 atom stereocenters. The molecule has 0 fully saturated rings. The van der Waals surface area contributed by atoms with E-state index in [1.807, 2.05) is 18.4 Å². The fourth-order valence-corrected chi connectivity index (χ4v) is 2.74. The number of halogens is 2. The van der Waals surface area contributed by atoms with Gasteiger partial charge in [-0.3, -0.25) is 0 Å². The van der Waals surface area contributed by atoms with E-state index in [4.69, 9.17) is 5.73 Å². The van der Waals surface area contributed by atoms with Gasteiger partial charge in [-0.2, -0.15) is 0 Å². The van der Waals surface area contributed by atoms with E-state index >= 15 is 0 Å². The Morgan fingerprint density at radius 2 is 2.24 bits per heavy atom. The van der Waals surface area contributed by atoms with Crippen LogP contribution in [0.1, 0.15) is 22.3 Å². The second-order valence-corrected chi connectivity index (χ2v) is 5.85. The van der Waals surface area contributed by atoms with E-state index in [9.17, 15) is 4.39 Å². The van der Waals surface area contributed by atoms with Gasteiger partial charge >= 0.3 is 0 Å². The van der Waals surface area contributed by atoms with E-state index in [0.29, 0.717) is 10.9 Å². The predicted octanol–water partition coefficient (Wildman–Crippen LogP) is 3.60. The van der Waals surface area contributed by atoms with Gasteiger partial charge in [0.25, 0.3) is 0 Å². The summed E-state index contributed by atoms with van der Waals surface area (Å²) in [5.74, 6) is -0.278. The molecule has 17 heavy (non-hydrogen) atoms. The van der Waals surface area contributed by atoms with E-state index in [1.54, 1.807) is 11.3 Å². The number of aryl methyl sites for hydroxylation is 1. The standard InChI is InChI=1S/C12H12BrFN2S/c1-7-16-11(6-17-7)5-12(15)8-2-9(13)4-10(14)3-8/h2-4,6,12H,5,15H2,1H3. The second-order valence-electron chi connectivity index (χ2n) is 3.87. The van der Waals surface area contributed by atoms with Crippen molar-refractivity contribution in [1.29, 1.82) is 0 Å². The van der Waals surface area contributed by atoms with Crippen molar-refractivity contribution in [2.24, 2.45) is 5.73 Å². The highest BCUT2D eigenvalue weighted by molar-refractivity contribution is 9.10. The molecule has 2 nitrogen and oxygen atoms in total. The van der Waals surface area contributed by atoms with Crippen LogP contribution in [0.4, 0.5) is 4.39 Å². The largest absolute Gasteiger partial charge is 0.324 e. The highest BCUT2D eigenvalue weighted by atomic mass is 79.9. The quantitative estimate of drug-likeness (QED) is 0.940. The van der Waals surface area contributed by atoms with E-state index < -0.39 is 0 Å². The lowest BCUT2D eigenvalue weighted by Gasteiger charge is -2.11. The molecule has 0 radical (unpaired) electrons. The SMILES string of the molecule is Cc1nc(CC(N)c2cc(F)cc(Br)c2)cs1. The number of nitrogens with zero attached hydrogens (tertiary/aromatic N) is 1. The van der Waals surface area contributed by atoms with Crippen molar-refractivity contribution in [2.75, 3.05) is 0 Å². The molecule has 0 aliphatic carbocycles. The van der Waals surface area contributed by atoms with Crippen LogP contribution in [0.3, 0.4) is 0 Å². The topological polar surface area (TPSA) is 38.9 Å². The molecule has 90 valence electrons. The first-order chi connectivity index (χ1) is 8.04. The fraction of sp³-hybridized carbons (Fsp3) is 0.250. The van der Waals surface area contributed by atoms with Crippen LogP contribution >= 0.6 is 27.3 Å². The molecule has 1 aromatic carbocycles. The van der Waals surface area contributed by atoms with Crippen LogP contribution in [-0.4, -0.2) is 4.98 Å². The van der Waals surface area contributed by atoms with Gasteiger partial charge in [-0.05, 0) is 30.7 Å². The summed E-state index contributed by atoms with van der Waals surface area (Å²) in [6.45, 7) is 1.96. The minimum absolute atomic E-state index is 0.233. The molecule has 0 spiro atoms. The van der Waals surface area contributed by atoms with Crippen LogP contribution in [0, 0.1) is 12.7 Å². The number of hydrogen-bond donors (Lipinski definition) is 1. The molecule has 0 amide bonds. The van der Waals surface area contributed by atoms with E-state index in [0.717, 1.165) is 16.3 Å². The lowest BCUT2D eigenvalue weighted by atomic mass is 10.0. The predicted molar refractivity (Wildman–Crippen MR) is 71.6 cm³/mol. The van der Waals surface area contributed by atoms with E-state index in [-0.39, 0.29) is 11.9 Å². The summed E-state index contributed by atoms with van der Waals surface area (Å²) in [6.07, 6.45) is 0.625. The number of rotatable bonds is 3. The molecule has 1 unspecified atom stereocenters. The van der Waals surface area contributed by atoms with Crippen LogP contribution < -0.4 is 5.73 Å². The van der Waals surface area contributed by atoms with Crippen LogP contribution in [0.15, 0.2) is 28.1 Å². The Morgan fingerprint density at radius 1 is 1.47 bits per heavy atom. The van der Waals surface area contributed by atoms with Gasteiger partial charge in [0, 0.05) is 22.3 Å². The van der Waals surface area contributed by atoms with Gasteiger partial charge in [0.2, 0.25) is 0 Å². The molecule has 1 aromatic heterocycles. The van der Waals surface area contributed by atoms with Crippen molar-refractivity contribution in [2.45, 2.75) is 19.4 Å². The average molecular weight is 315 g/mol. The fourth-order valence-electron chi connectivity index (χ4n) is 1.63. The Hall–Kier alpha value is -0.780. The zero-order valence-electron chi connectivity index (χ0n) is 9.28. The zero-order valence-corrected chi connectivity index (χ0v) is 11.7. The van der Waals surface area contributed by atoms with Crippen molar-refractivity contribution >= 4 is 27.3 Å². The average Bonchev–Trinajstić information content (AvgIpc) is 2.62. The molecular formula is C12H12BrFN2S. The maximum Gasteiger partial charge on any atom is 0.124 e. The summed E-state index contributed by atoms with van der Waals surface area (Å²) in [6, 6.07) is 4.49. The normalized spacial score (nSPS) is 12.7. The van der Waals surface area contributed by atoms with Gasteiger partial charge in [-0.25, -0.2) is 9.37 Å². The molecule has 0 saturated heterocycles. The number of aromatic nitrogens is 1. The Bertz CT molecular complexity index is 507. The van der Waals surface area contributed by atoms with Crippen LogP contribution in [0.2, 0.25) is 0 Å². The summed E-state index contributed by atoms with van der Waals surface area (Å²) in [5.41, 5.74) is 7.79. The maximum absolute atomic E-state index is 13.2. The number of hydrogen-bond acceptors (Lipinski definition) is 3. The Labute approximate surface area is 112 Å². The van der Waals surface area contributed by atoms with E-state index in [2.05, 4.69) is 20.9 Å². The molecule has 2 rings (SSSR count). The third-order valence-electron chi connectivity index (χ3n) is 2.41.